The molecule has 0 aromatic heterocycles. The Hall–Kier alpha value is -1.43. The van der Waals surface area contributed by atoms with Gasteiger partial charge in [0.25, 0.3) is 0 Å². The molecule has 110 valence electrons. The number of carbonyl (C=O) groups is 1. The van der Waals surface area contributed by atoms with Gasteiger partial charge in [0.1, 0.15) is 10.2 Å². The van der Waals surface area contributed by atoms with Crippen LogP contribution in [0.2, 0.25) is 0 Å². The number of methoxy groups -OCH3 is 3. The molecule has 0 spiro atoms. The number of benzene rings is 1. The third-order valence-electron chi connectivity index (χ3n) is 3.90. The van der Waals surface area contributed by atoms with E-state index in [9.17, 15) is 9.90 Å². The lowest BCUT2D eigenvalue weighted by Crippen LogP contribution is -2.42. The van der Waals surface area contributed by atoms with Crippen molar-refractivity contribution in [1.82, 2.24) is 0 Å². The normalized spacial score (nSPS) is 16.2. The van der Waals surface area contributed by atoms with Crippen molar-refractivity contribution in [1.29, 1.82) is 0 Å². The Labute approximate surface area is 126 Å². The number of ether oxygens (including phenoxy) is 3. The number of halogens is 1. The van der Waals surface area contributed by atoms with Gasteiger partial charge in [-0.05, 0) is 34.8 Å². The molecular weight excluding hydrogens is 328 g/mol. The number of aliphatic carboxylic acids is 1. The first kappa shape index (κ1) is 15.0. The average molecular weight is 345 g/mol. The summed E-state index contributed by atoms with van der Waals surface area (Å²) in [5.74, 6) is 0.640. The number of carboxylic acid groups (broad SMARTS) is 1. The summed E-state index contributed by atoms with van der Waals surface area (Å²) in [6.07, 6.45) is 2.09. The molecule has 2 rings (SSSR count). The lowest BCUT2D eigenvalue weighted by atomic mass is 9.64. The van der Waals surface area contributed by atoms with E-state index in [2.05, 4.69) is 15.9 Å². The predicted molar refractivity (Wildman–Crippen MR) is 77.0 cm³/mol. The molecule has 6 heteroatoms. The van der Waals surface area contributed by atoms with Crippen molar-refractivity contribution in [2.75, 3.05) is 21.3 Å². The molecule has 1 aliphatic rings. The molecule has 20 heavy (non-hydrogen) atoms. The van der Waals surface area contributed by atoms with Gasteiger partial charge < -0.3 is 19.3 Å². The minimum atomic E-state index is -0.895. The molecule has 5 nitrogen and oxygen atoms in total. The van der Waals surface area contributed by atoms with Gasteiger partial charge in [0.15, 0.2) is 11.5 Å². The summed E-state index contributed by atoms with van der Waals surface area (Å²) < 4.78 is 16.6. The zero-order valence-electron chi connectivity index (χ0n) is 11.7. The van der Waals surface area contributed by atoms with Crippen molar-refractivity contribution >= 4 is 21.9 Å². The molecule has 1 aromatic rings. The molecule has 0 unspecified atom stereocenters. The van der Waals surface area contributed by atoms with Gasteiger partial charge in [-0.3, -0.25) is 4.79 Å². The van der Waals surface area contributed by atoms with E-state index in [1.165, 1.54) is 21.3 Å². The highest BCUT2D eigenvalue weighted by atomic mass is 79.9. The van der Waals surface area contributed by atoms with Crippen LogP contribution in [0.15, 0.2) is 10.5 Å². The van der Waals surface area contributed by atoms with E-state index in [-0.39, 0.29) is 0 Å². The van der Waals surface area contributed by atoms with Crippen LogP contribution in [0, 0.1) is 0 Å². The van der Waals surface area contributed by atoms with Crippen molar-refractivity contribution in [2.24, 2.45) is 0 Å². The first-order chi connectivity index (χ1) is 9.51. The zero-order valence-corrected chi connectivity index (χ0v) is 13.2. The molecule has 0 amide bonds. The summed E-state index contributed by atoms with van der Waals surface area (Å²) in [6, 6.07) is 1.70. The molecule has 0 radical (unpaired) electrons. The molecule has 1 N–H and O–H groups in total. The van der Waals surface area contributed by atoms with Crippen LogP contribution in [0.1, 0.15) is 24.8 Å². The molecule has 1 aliphatic carbocycles. The molecule has 1 aromatic carbocycles. The largest absolute Gasteiger partial charge is 0.495 e. The summed E-state index contributed by atoms with van der Waals surface area (Å²) in [5, 5.41) is 9.60. The molecule has 0 atom stereocenters. The molecule has 1 fully saturated rings. The fourth-order valence-electron chi connectivity index (χ4n) is 2.62. The smallest absolute Gasteiger partial charge is 0.314 e. The van der Waals surface area contributed by atoms with Crippen LogP contribution in [0.4, 0.5) is 0 Å². The van der Waals surface area contributed by atoms with Crippen molar-refractivity contribution in [3.05, 3.63) is 16.1 Å². The molecule has 0 saturated heterocycles. The summed E-state index contributed by atoms with van der Waals surface area (Å²) in [5.41, 5.74) is -0.267. The SMILES string of the molecule is COc1cc(C2(C(=O)O)CCC2)c(OC)c(Br)c1OC. The van der Waals surface area contributed by atoms with Gasteiger partial charge in [-0.25, -0.2) is 0 Å². The minimum Gasteiger partial charge on any atom is -0.495 e. The maximum atomic E-state index is 11.7. The highest BCUT2D eigenvalue weighted by Gasteiger charge is 2.48. The Morgan fingerprint density at radius 1 is 1.20 bits per heavy atom. The second kappa shape index (κ2) is 5.52. The van der Waals surface area contributed by atoms with Gasteiger partial charge >= 0.3 is 5.97 Å². The van der Waals surface area contributed by atoms with Gasteiger partial charge in [-0.2, -0.15) is 0 Å². The quantitative estimate of drug-likeness (QED) is 0.889. The maximum absolute atomic E-state index is 11.7. The first-order valence-corrected chi connectivity index (χ1v) is 7.03. The van der Waals surface area contributed by atoms with Crippen LogP contribution in [0.5, 0.6) is 17.2 Å². The minimum absolute atomic E-state index is 0.489. The zero-order chi connectivity index (χ0) is 14.9. The predicted octanol–water partition coefficient (Wildman–Crippen LogP) is 2.98. The molecule has 0 bridgehead atoms. The highest BCUT2D eigenvalue weighted by Crippen LogP contribution is 2.53. The number of hydrogen-bond acceptors (Lipinski definition) is 4. The van der Waals surface area contributed by atoms with Gasteiger partial charge in [0, 0.05) is 5.56 Å². The number of rotatable bonds is 5. The van der Waals surface area contributed by atoms with Crippen molar-refractivity contribution < 1.29 is 24.1 Å². The molecule has 0 heterocycles. The first-order valence-electron chi connectivity index (χ1n) is 6.24. The molecular formula is C14H17BrO5. The number of carboxylic acids is 1. The van der Waals surface area contributed by atoms with E-state index >= 15 is 0 Å². The number of hydrogen-bond donors (Lipinski definition) is 1. The van der Waals surface area contributed by atoms with Gasteiger partial charge in [0.05, 0.1) is 26.7 Å². The second-order valence-corrected chi connectivity index (χ2v) is 5.54. The van der Waals surface area contributed by atoms with Crippen molar-refractivity contribution in [3.63, 3.8) is 0 Å². The second-order valence-electron chi connectivity index (χ2n) is 4.75. The lowest BCUT2D eigenvalue weighted by molar-refractivity contribution is -0.147. The maximum Gasteiger partial charge on any atom is 0.314 e. The summed E-state index contributed by atoms with van der Waals surface area (Å²) in [7, 11) is 4.57. The molecule has 0 aliphatic heterocycles. The van der Waals surface area contributed by atoms with Crippen LogP contribution in [0.25, 0.3) is 0 Å². The Kier molecular flexibility index (Phi) is 4.13. The van der Waals surface area contributed by atoms with Crippen LogP contribution >= 0.6 is 15.9 Å². The fraction of sp³-hybridized carbons (Fsp3) is 0.500. The Balaban J connectivity index is 2.69. The van der Waals surface area contributed by atoms with Crippen LogP contribution in [0.3, 0.4) is 0 Å². The van der Waals surface area contributed by atoms with Crippen molar-refractivity contribution in [3.8, 4) is 17.2 Å². The van der Waals surface area contributed by atoms with E-state index in [1.54, 1.807) is 6.07 Å². The average Bonchev–Trinajstić information content (AvgIpc) is 2.36. The van der Waals surface area contributed by atoms with Crippen molar-refractivity contribution in [2.45, 2.75) is 24.7 Å². The Morgan fingerprint density at radius 3 is 2.15 bits per heavy atom. The van der Waals surface area contributed by atoms with E-state index in [1.807, 2.05) is 0 Å². The van der Waals surface area contributed by atoms with E-state index in [0.717, 1.165) is 6.42 Å². The lowest BCUT2D eigenvalue weighted by Gasteiger charge is -2.39. The topological polar surface area (TPSA) is 65.0 Å². The van der Waals surface area contributed by atoms with E-state index in [4.69, 9.17) is 14.2 Å². The van der Waals surface area contributed by atoms with E-state index in [0.29, 0.717) is 40.1 Å². The van der Waals surface area contributed by atoms with Crippen LogP contribution in [-0.4, -0.2) is 32.4 Å². The van der Waals surface area contributed by atoms with E-state index < -0.39 is 11.4 Å². The third-order valence-corrected chi connectivity index (χ3v) is 4.62. The third kappa shape index (κ3) is 2.02. The van der Waals surface area contributed by atoms with Gasteiger partial charge in [-0.15, -0.1) is 0 Å². The van der Waals surface area contributed by atoms with Crippen LogP contribution in [-0.2, 0) is 10.2 Å². The summed E-state index contributed by atoms with van der Waals surface area (Å²) in [6.45, 7) is 0. The monoisotopic (exact) mass is 344 g/mol. The highest BCUT2D eigenvalue weighted by molar-refractivity contribution is 9.10. The molecule has 1 saturated carbocycles. The Morgan fingerprint density at radius 2 is 1.80 bits per heavy atom. The summed E-state index contributed by atoms with van der Waals surface area (Å²) >= 11 is 3.42. The fourth-order valence-corrected chi connectivity index (χ4v) is 3.35. The van der Waals surface area contributed by atoms with Gasteiger partial charge in [0.2, 0.25) is 0 Å². The Bertz CT molecular complexity index is 537. The summed E-state index contributed by atoms with van der Waals surface area (Å²) in [4.78, 5) is 11.7. The van der Waals surface area contributed by atoms with Crippen LogP contribution < -0.4 is 14.2 Å². The standard InChI is InChI=1S/C14H17BrO5/c1-18-9-7-8(14(13(16)17)5-4-6-14)11(19-2)10(15)12(9)20-3/h7H,4-6H2,1-3H3,(H,16,17). The van der Waals surface area contributed by atoms with Gasteiger partial charge in [-0.1, -0.05) is 6.42 Å².